The molecule has 2 aromatic rings. The normalized spacial score (nSPS) is 12.4. The van der Waals surface area contributed by atoms with Gasteiger partial charge >= 0.3 is 0 Å². The molecule has 5 nitrogen and oxygen atoms in total. The van der Waals surface area contributed by atoms with Gasteiger partial charge in [0.05, 0.1) is 18.1 Å². The summed E-state index contributed by atoms with van der Waals surface area (Å²) in [4.78, 5) is 0.100. The van der Waals surface area contributed by atoms with Crippen LogP contribution in [-0.2, 0) is 10.0 Å². The Kier molecular flexibility index (Phi) is 5.04. The third-order valence-corrected chi connectivity index (χ3v) is 4.91. The molecule has 0 saturated carbocycles. The summed E-state index contributed by atoms with van der Waals surface area (Å²) in [6.07, 6.45) is 0. The average Bonchev–Trinajstić information content (AvgIpc) is 2.53. The van der Waals surface area contributed by atoms with Crippen molar-refractivity contribution in [1.82, 2.24) is 4.72 Å². The third kappa shape index (κ3) is 3.89. The smallest absolute Gasteiger partial charge is 0.242 e. The van der Waals surface area contributed by atoms with Crippen LogP contribution in [0.2, 0.25) is 0 Å². The number of nitriles is 1. The molecule has 0 spiro atoms. The number of benzene rings is 2. The van der Waals surface area contributed by atoms with Crippen LogP contribution < -0.4 is 9.46 Å². The summed E-state index contributed by atoms with van der Waals surface area (Å²) in [6.45, 7) is 3.69. The van der Waals surface area contributed by atoms with E-state index in [1.165, 1.54) is 19.2 Å². The molecule has 0 bridgehead atoms. The maximum Gasteiger partial charge on any atom is 0.242 e. The van der Waals surface area contributed by atoms with Crippen LogP contribution in [0.15, 0.2) is 47.4 Å². The Morgan fingerprint density at radius 2 is 1.78 bits per heavy atom. The van der Waals surface area contributed by atoms with Gasteiger partial charge in [-0.25, -0.2) is 8.42 Å². The van der Waals surface area contributed by atoms with Crippen molar-refractivity contribution in [3.63, 3.8) is 0 Å². The fourth-order valence-corrected chi connectivity index (χ4v) is 3.38. The fraction of sp³-hybridized carbons (Fsp3) is 0.235. The van der Waals surface area contributed by atoms with Crippen LogP contribution in [0.1, 0.15) is 22.7 Å². The van der Waals surface area contributed by atoms with Crippen molar-refractivity contribution in [2.45, 2.75) is 24.8 Å². The van der Waals surface area contributed by atoms with E-state index in [0.717, 1.165) is 5.56 Å². The van der Waals surface area contributed by atoms with Crippen LogP contribution in [0.5, 0.6) is 5.75 Å². The lowest BCUT2D eigenvalue weighted by atomic mass is 10.1. The van der Waals surface area contributed by atoms with Gasteiger partial charge in [-0.2, -0.15) is 9.98 Å². The number of ether oxygens (including phenoxy) is 1. The molecule has 0 amide bonds. The lowest BCUT2D eigenvalue weighted by Crippen LogP contribution is -2.27. The van der Waals surface area contributed by atoms with Gasteiger partial charge in [-0.1, -0.05) is 29.8 Å². The molecule has 2 aromatic carbocycles. The average molecular weight is 330 g/mol. The maximum atomic E-state index is 12.5. The molecule has 0 aliphatic rings. The Bertz CT molecular complexity index is 837. The lowest BCUT2D eigenvalue weighted by Gasteiger charge is -2.14. The van der Waals surface area contributed by atoms with Crippen molar-refractivity contribution < 1.29 is 13.2 Å². The molecule has 6 heteroatoms. The number of rotatable bonds is 5. The first-order valence-electron chi connectivity index (χ1n) is 7.00. The van der Waals surface area contributed by atoms with Crippen molar-refractivity contribution in [2.75, 3.05) is 7.11 Å². The minimum atomic E-state index is -3.81. The number of hydrogen-bond acceptors (Lipinski definition) is 4. The van der Waals surface area contributed by atoms with Crippen molar-refractivity contribution in [1.29, 1.82) is 5.26 Å². The molecule has 0 heterocycles. The molecular weight excluding hydrogens is 312 g/mol. The zero-order valence-corrected chi connectivity index (χ0v) is 14.0. The topological polar surface area (TPSA) is 79.2 Å². The molecule has 23 heavy (non-hydrogen) atoms. The summed E-state index contributed by atoms with van der Waals surface area (Å²) >= 11 is 0. The van der Waals surface area contributed by atoms with E-state index in [-0.39, 0.29) is 4.90 Å². The first kappa shape index (κ1) is 17.0. The van der Waals surface area contributed by atoms with Crippen LogP contribution >= 0.6 is 0 Å². The summed E-state index contributed by atoms with van der Waals surface area (Å²) in [7, 11) is -2.28. The van der Waals surface area contributed by atoms with E-state index in [9.17, 15) is 13.7 Å². The predicted octanol–water partition coefficient (Wildman–Crippen LogP) is 2.86. The molecule has 0 radical (unpaired) electrons. The fourth-order valence-electron chi connectivity index (χ4n) is 2.17. The van der Waals surface area contributed by atoms with Crippen LogP contribution in [0.25, 0.3) is 0 Å². The summed E-state index contributed by atoms with van der Waals surface area (Å²) < 4.78 is 32.5. The first-order chi connectivity index (χ1) is 10.9. The molecule has 120 valence electrons. The Morgan fingerprint density at radius 3 is 2.30 bits per heavy atom. The van der Waals surface area contributed by atoms with Gasteiger partial charge in [0.25, 0.3) is 0 Å². The highest BCUT2D eigenvalue weighted by Gasteiger charge is 2.21. The molecule has 0 saturated heterocycles. The molecule has 0 aliphatic heterocycles. The highest BCUT2D eigenvalue weighted by Crippen LogP contribution is 2.23. The summed E-state index contributed by atoms with van der Waals surface area (Å²) in [6, 6.07) is 12.8. The van der Waals surface area contributed by atoms with Crippen LogP contribution in [0.4, 0.5) is 0 Å². The van der Waals surface area contributed by atoms with Crippen molar-refractivity contribution in [3.8, 4) is 11.8 Å². The molecule has 0 aliphatic carbocycles. The van der Waals surface area contributed by atoms with E-state index in [1.54, 1.807) is 25.1 Å². The highest BCUT2D eigenvalue weighted by atomic mass is 32.2. The molecule has 1 atom stereocenters. The molecule has 0 aromatic heterocycles. The Labute approximate surface area is 136 Å². The van der Waals surface area contributed by atoms with Gasteiger partial charge in [0.1, 0.15) is 11.8 Å². The second-order valence-electron chi connectivity index (χ2n) is 5.23. The molecule has 2 rings (SSSR count). The van der Waals surface area contributed by atoms with Crippen LogP contribution in [-0.4, -0.2) is 15.5 Å². The van der Waals surface area contributed by atoms with E-state index >= 15 is 0 Å². The van der Waals surface area contributed by atoms with Gasteiger partial charge in [-0.3, -0.25) is 0 Å². The third-order valence-electron chi connectivity index (χ3n) is 3.49. The second-order valence-corrected chi connectivity index (χ2v) is 6.94. The molecule has 0 fully saturated rings. The minimum absolute atomic E-state index is 0.100. The summed E-state index contributed by atoms with van der Waals surface area (Å²) in [5, 5.41) is 9.30. The second kappa shape index (κ2) is 6.82. The Hall–Kier alpha value is -2.36. The predicted molar refractivity (Wildman–Crippen MR) is 87.6 cm³/mol. The number of aryl methyl sites for hydroxylation is 2. The highest BCUT2D eigenvalue weighted by molar-refractivity contribution is 7.89. The standard InChI is InChI=1S/C17H18N2O3S/c1-12-4-6-14(7-5-12)16(11-18)19-23(20,21)15-8-9-17(22-3)13(2)10-15/h4-10,16,19H,1-3H3. The van der Waals surface area contributed by atoms with E-state index in [2.05, 4.69) is 4.72 Å². The first-order valence-corrected chi connectivity index (χ1v) is 8.49. The van der Waals surface area contributed by atoms with E-state index < -0.39 is 16.1 Å². The Balaban J connectivity index is 2.31. The van der Waals surface area contributed by atoms with E-state index in [4.69, 9.17) is 4.74 Å². The molecule has 1 unspecified atom stereocenters. The van der Waals surface area contributed by atoms with Gasteiger partial charge in [0.15, 0.2) is 0 Å². The zero-order valence-electron chi connectivity index (χ0n) is 13.2. The number of nitrogens with zero attached hydrogens (tertiary/aromatic N) is 1. The minimum Gasteiger partial charge on any atom is -0.496 e. The number of hydrogen-bond donors (Lipinski definition) is 1. The maximum absolute atomic E-state index is 12.5. The number of nitrogens with one attached hydrogen (secondary N) is 1. The van der Waals surface area contributed by atoms with E-state index in [1.807, 2.05) is 25.1 Å². The van der Waals surface area contributed by atoms with Gasteiger partial charge < -0.3 is 4.74 Å². The SMILES string of the molecule is COc1ccc(S(=O)(=O)NC(C#N)c2ccc(C)cc2)cc1C. The lowest BCUT2D eigenvalue weighted by molar-refractivity contribution is 0.411. The molecule has 1 N–H and O–H groups in total. The largest absolute Gasteiger partial charge is 0.496 e. The Morgan fingerprint density at radius 1 is 1.13 bits per heavy atom. The number of sulfonamides is 1. The van der Waals surface area contributed by atoms with Gasteiger partial charge in [-0.15, -0.1) is 0 Å². The van der Waals surface area contributed by atoms with Crippen molar-refractivity contribution >= 4 is 10.0 Å². The van der Waals surface area contributed by atoms with E-state index in [0.29, 0.717) is 16.9 Å². The monoisotopic (exact) mass is 330 g/mol. The molecular formula is C17H18N2O3S. The van der Waals surface area contributed by atoms with Gasteiger partial charge in [0, 0.05) is 0 Å². The van der Waals surface area contributed by atoms with Crippen molar-refractivity contribution in [2.24, 2.45) is 0 Å². The summed E-state index contributed by atoms with van der Waals surface area (Å²) in [5.41, 5.74) is 2.35. The number of methoxy groups -OCH3 is 1. The van der Waals surface area contributed by atoms with Crippen LogP contribution in [0.3, 0.4) is 0 Å². The van der Waals surface area contributed by atoms with Gasteiger partial charge in [-0.05, 0) is 43.2 Å². The van der Waals surface area contributed by atoms with Crippen LogP contribution in [0, 0.1) is 25.2 Å². The quantitative estimate of drug-likeness (QED) is 0.914. The summed E-state index contributed by atoms with van der Waals surface area (Å²) in [5.74, 6) is 0.610. The zero-order chi connectivity index (χ0) is 17.0. The van der Waals surface area contributed by atoms with Gasteiger partial charge in [0.2, 0.25) is 10.0 Å². The van der Waals surface area contributed by atoms with Crippen molar-refractivity contribution in [3.05, 3.63) is 59.2 Å².